The number of aliphatic hydroxyl groups is 1. The third kappa shape index (κ3) is 2.37. The Morgan fingerprint density at radius 3 is 2.94 bits per heavy atom. The third-order valence-corrected chi connectivity index (χ3v) is 5.92. The monoisotopic (exact) mass is 338 g/mol. The first-order valence-electron chi connectivity index (χ1n) is 5.45. The Bertz CT molecular complexity index is 443. The normalized spacial score (nSPS) is 29.4. The van der Waals surface area contributed by atoms with Gasteiger partial charge in [0, 0.05) is 15.3 Å². The van der Waals surface area contributed by atoms with Gasteiger partial charge in [-0.15, -0.1) is 0 Å². The molecule has 1 heterocycles. The summed E-state index contributed by atoms with van der Waals surface area (Å²) in [5.74, 6) is 0.493. The first kappa shape index (κ1) is 13.7. The van der Waals surface area contributed by atoms with Gasteiger partial charge in [-0.3, -0.25) is 0 Å². The lowest BCUT2D eigenvalue weighted by atomic mass is 9.85. The molecule has 2 rings (SSSR count). The Morgan fingerprint density at radius 1 is 1.59 bits per heavy atom. The van der Waals surface area contributed by atoms with Crippen molar-refractivity contribution in [2.24, 2.45) is 0 Å². The summed E-state index contributed by atoms with van der Waals surface area (Å²) in [6, 6.07) is 3.30. The van der Waals surface area contributed by atoms with Gasteiger partial charge >= 0.3 is 0 Å². The Balaban J connectivity index is 2.49. The van der Waals surface area contributed by atoms with E-state index in [1.54, 1.807) is 23.9 Å². The van der Waals surface area contributed by atoms with Crippen LogP contribution in [0, 0.1) is 5.82 Å². The quantitative estimate of drug-likeness (QED) is 0.768. The van der Waals surface area contributed by atoms with Gasteiger partial charge in [0.1, 0.15) is 11.4 Å². The molecule has 0 amide bonds. The lowest BCUT2D eigenvalue weighted by Gasteiger charge is -2.38. The number of thioether (sulfide) groups is 1. The summed E-state index contributed by atoms with van der Waals surface area (Å²) in [5, 5.41) is 10.7. The van der Waals surface area contributed by atoms with Gasteiger partial charge < -0.3 is 5.11 Å². The fourth-order valence-corrected chi connectivity index (χ4v) is 3.81. The second-order valence-electron chi connectivity index (χ2n) is 4.26. The molecule has 1 N–H and O–H groups in total. The van der Waals surface area contributed by atoms with E-state index in [-0.39, 0.29) is 10.3 Å². The largest absolute Gasteiger partial charge is 0.384 e. The average molecular weight is 340 g/mol. The van der Waals surface area contributed by atoms with Gasteiger partial charge in [0.25, 0.3) is 0 Å². The summed E-state index contributed by atoms with van der Waals surface area (Å²) >= 11 is 10.7. The SMILES string of the molecule is CC1SCCCC1(O)c1ccc(Br)c(Cl)c1F. The summed E-state index contributed by atoms with van der Waals surface area (Å²) in [6.45, 7) is 1.93. The second kappa shape index (κ2) is 5.08. The lowest BCUT2D eigenvalue weighted by Crippen LogP contribution is -2.39. The van der Waals surface area contributed by atoms with E-state index in [4.69, 9.17) is 11.6 Å². The minimum absolute atomic E-state index is 0.0250. The molecular formula is C12H13BrClFOS. The van der Waals surface area contributed by atoms with Crippen LogP contribution >= 0.6 is 39.3 Å². The van der Waals surface area contributed by atoms with Crippen LogP contribution in [0.2, 0.25) is 5.02 Å². The summed E-state index contributed by atoms with van der Waals surface area (Å²) in [4.78, 5) is 0. The van der Waals surface area contributed by atoms with E-state index in [0.29, 0.717) is 16.5 Å². The van der Waals surface area contributed by atoms with E-state index < -0.39 is 11.4 Å². The van der Waals surface area contributed by atoms with Crippen molar-refractivity contribution in [1.82, 2.24) is 0 Å². The van der Waals surface area contributed by atoms with Crippen molar-refractivity contribution in [2.75, 3.05) is 5.75 Å². The fourth-order valence-electron chi connectivity index (χ4n) is 2.16. The molecule has 17 heavy (non-hydrogen) atoms. The molecule has 2 unspecified atom stereocenters. The summed E-state index contributed by atoms with van der Waals surface area (Å²) < 4.78 is 14.6. The van der Waals surface area contributed by atoms with Crippen LogP contribution in [0.3, 0.4) is 0 Å². The van der Waals surface area contributed by atoms with Gasteiger partial charge in [0.05, 0.1) is 5.02 Å². The molecule has 0 aliphatic carbocycles. The van der Waals surface area contributed by atoms with Crippen LogP contribution in [-0.2, 0) is 5.60 Å². The van der Waals surface area contributed by atoms with Gasteiger partial charge in [0.15, 0.2) is 0 Å². The van der Waals surface area contributed by atoms with Gasteiger partial charge in [-0.05, 0) is 40.6 Å². The lowest BCUT2D eigenvalue weighted by molar-refractivity contribution is 0.0220. The van der Waals surface area contributed by atoms with E-state index in [1.165, 1.54) is 0 Å². The molecule has 0 spiro atoms. The van der Waals surface area contributed by atoms with Crippen molar-refractivity contribution in [2.45, 2.75) is 30.6 Å². The summed E-state index contributed by atoms with van der Waals surface area (Å²) in [5.41, 5.74) is -0.803. The van der Waals surface area contributed by atoms with E-state index in [2.05, 4.69) is 15.9 Å². The van der Waals surface area contributed by atoms with E-state index >= 15 is 0 Å². The van der Waals surface area contributed by atoms with Crippen molar-refractivity contribution in [1.29, 1.82) is 0 Å². The van der Waals surface area contributed by atoms with Gasteiger partial charge in [-0.1, -0.05) is 24.6 Å². The number of halogens is 3. The minimum atomic E-state index is -1.11. The van der Waals surface area contributed by atoms with E-state index in [1.807, 2.05) is 6.92 Å². The van der Waals surface area contributed by atoms with Crippen molar-refractivity contribution in [3.05, 3.63) is 33.0 Å². The number of benzene rings is 1. The molecule has 5 heteroatoms. The number of hydrogen-bond donors (Lipinski definition) is 1. The Morgan fingerprint density at radius 2 is 2.29 bits per heavy atom. The molecule has 1 aromatic rings. The zero-order valence-electron chi connectivity index (χ0n) is 9.34. The fraction of sp³-hybridized carbons (Fsp3) is 0.500. The Labute approximate surface area is 118 Å². The summed E-state index contributed by atoms with van der Waals surface area (Å²) in [7, 11) is 0. The smallest absolute Gasteiger partial charge is 0.149 e. The van der Waals surface area contributed by atoms with Crippen molar-refractivity contribution < 1.29 is 9.50 Å². The molecule has 1 aliphatic heterocycles. The summed E-state index contributed by atoms with van der Waals surface area (Å²) in [6.07, 6.45) is 1.47. The maximum absolute atomic E-state index is 14.1. The van der Waals surface area contributed by atoms with Crippen LogP contribution in [0.4, 0.5) is 4.39 Å². The number of hydrogen-bond acceptors (Lipinski definition) is 2. The molecule has 1 nitrogen and oxygen atoms in total. The van der Waals surface area contributed by atoms with Crippen LogP contribution in [0.5, 0.6) is 0 Å². The zero-order valence-corrected chi connectivity index (χ0v) is 12.5. The predicted octanol–water partition coefficient (Wildman–Crippen LogP) is 4.34. The molecule has 1 aliphatic rings. The van der Waals surface area contributed by atoms with Crippen LogP contribution < -0.4 is 0 Å². The molecule has 1 saturated heterocycles. The zero-order chi connectivity index (χ0) is 12.6. The highest BCUT2D eigenvalue weighted by molar-refractivity contribution is 9.10. The van der Waals surface area contributed by atoms with E-state index in [0.717, 1.165) is 12.2 Å². The highest BCUT2D eigenvalue weighted by atomic mass is 79.9. The highest BCUT2D eigenvalue weighted by Gasteiger charge is 2.40. The Kier molecular flexibility index (Phi) is 4.08. The second-order valence-corrected chi connectivity index (χ2v) is 6.94. The molecule has 0 bridgehead atoms. The molecule has 0 radical (unpaired) electrons. The minimum Gasteiger partial charge on any atom is -0.384 e. The van der Waals surface area contributed by atoms with Crippen LogP contribution in [0.15, 0.2) is 16.6 Å². The highest BCUT2D eigenvalue weighted by Crippen LogP contribution is 2.44. The maximum atomic E-state index is 14.1. The van der Waals surface area contributed by atoms with Crippen molar-refractivity contribution in [3.63, 3.8) is 0 Å². The van der Waals surface area contributed by atoms with Gasteiger partial charge in [-0.2, -0.15) is 11.8 Å². The topological polar surface area (TPSA) is 20.2 Å². The standard InChI is InChI=1S/C12H13BrClFOS/c1-7-12(16,5-2-6-17-7)8-3-4-9(13)10(14)11(8)15/h3-4,7,16H,2,5-6H2,1H3. The Hall–Kier alpha value is 0.230. The van der Waals surface area contributed by atoms with Gasteiger partial charge in [-0.25, -0.2) is 4.39 Å². The average Bonchev–Trinajstić information content (AvgIpc) is 2.30. The first-order valence-corrected chi connectivity index (χ1v) is 7.66. The molecular weight excluding hydrogens is 327 g/mol. The van der Waals surface area contributed by atoms with Crippen LogP contribution in [-0.4, -0.2) is 16.1 Å². The maximum Gasteiger partial charge on any atom is 0.149 e. The van der Waals surface area contributed by atoms with Crippen LogP contribution in [0.25, 0.3) is 0 Å². The molecule has 2 atom stereocenters. The van der Waals surface area contributed by atoms with Gasteiger partial charge in [0.2, 0.25) is 0 Å². The van der Waals surface area contributed by atoms with E-state index in [9.17, 15) is 9.50 Å². The van der Waals surface area contributed by atoms with Crippen LogP contribution in [0.1, 0.15) is 25.3 Å². The predicted molar refractivity (Wildman–Crippen MR) is 74.2 cm³/mol. The molecule has 94 valence electrons. The van der Waals surface area contributed by atoms with Crippen molar-refractivity contribution in [3.8, 4) is 0 Å². The molecule has 1 aromatic carbocycles. The molecule has 0 aromatic heterocycles. The first-order chi connectivity index (χ1) is 7.97. The molecule has 0 saturated carbocycles. The third-order valence-electron chi connectivity index (χ3n) is 3.24. The number of rotatable bonds is 1. The molecule has 1 fully saturated rings. The van der Waals surface area contributed by atoms with Crippen molar-refractivity contribution >= 4 is 39.3 Å².